The van der Waals surface area contributed by atoms with E-state index in [-0.39, 0.29) is 0 Å². The zero-order valence-electron chi connectivity index (χ0n) is 17.8. The van der Waals surface area contributed by atoms with Gasteiger partial charge in [-0.2, -0.15) is 0 Å². The van der Waals surface area contributed by atoms with E-state index in [1.54, 1.807) is 0 Å². The number of nitrogens with zero attached hydrogens (tertiary/aromatic N) is 3. The molecule has 158 valence electrons. The maximum absolute atomic E-state index is 3.62. The van der Waals surface area contributed by atoms with Gasteiger partial charge in [0.25, 0.3) is 0 Å². The summed E-state index contributed by atoms with van der Waals surface area (Å²) in [5.74, 6) is 0. The molecule has 2 aliphatic heterocycles. The Morgan fingerprint density at radius 1 is 0.844 bits per heavy atom. The third kappa shape index (κ3) is 3.65. The second-order valence-electron chi connectivity index (χ2n) is 8.49. The van der Waals surface area contributed by atoms with Gasteiger partial charge in [-0.1, -0.05) is 28.1 Å². The van der Waals surface area contributed by atoms with Gasteiger partial charge < -0.3 is 9.80 Å². The molecule has 2 bridgehead atoms. The highest BCUT2D eigenvalue weighted by atomic mass is 79.9. The Hall–Kier alpha value is -2.89. The number of hydrogen-bond acceptors (Lipinski definition) is 3. The summed E-state index contributed by atoms with van der Waals surface area (Å²) >= 11 is 5.47. The minimum atomic E-state index is 0.956. The molecule has 4 heterocycles. The number of thiophene rings is 1. The lowest BCUT2D eigenvalue weighted by Crippen LogP contribution is -2.46. The van der Waals surface area contributed by atoms with Gasteiger partial charge in [-0.05, 0) is 70.8 Å². The summed E-state index contributed by atoms with van der Waals surface area (Å²) in [4.78, 5) is 7.56. The van der Waals surface area contributed by atoms with Crippen molar-refractivity contribution < 1.29 is 4.57 Å². The highest BCUT2D eigenvalue weighted by molar-refractivity contribution is 9.10. The van der Waals surface area contributed by atoms with Crippen LogP contribution in [0, 0.1) is 0 Å². The first-order valence-corrected chi connectivity index (χ1v) is 12.4. The van der Waals surface area contributed by atoms with Crippen molar-refractivity contribution in [2.24, 2.45) is 7.05 Å². The topological polar surface area (TPSA) is 10.4 Å². The molecule has 3 nitrogen and oxygen atoms in total. The Bertz CT molecular complexity index is 1340. The second kappa shape index (κ2) is 7.91. The number of rotatable bonds is 3. The number of fused-ring (bicyclic) bond motifs is 6. The summed E-state index contributed by atoms with van der Waals surface area (Å²) in [6.07, 6.45) is 8.54. The summed E-state index contributed by atoms with van der Waals surface area (Å²) in [7, 11) is 2.04. The van der Waals surface area contributed by atoms with Gasteiger partial charge >= 0.3 is 0 Å². The molecule has 0 unspecified atom stereocenters. The van der Waals surface area contributed by atoms with Crippen LogP contribution >= 0.6 is 27.3 Å². The normalized spacial score (nSPS) is 14.6. The van der Waals surface area contributed by atoms with Crippen molar-refractivity contribution >= 4 is 50.8 Å². The predicted molar refractivity (Wildman–Crippen MR) is 138 cm³/mol. The predicted octanol–water partition coefficient (Wildman–Crippen LogP) is 6.47. The molecular formula is C27H23BrN3S+. The molecule has 2 aliphatic rings. The van der Waals surface area contributed by atoms with Crippen molar-refractivity contribution in [1.29, 1.82) is 0 Å². The van der Waals surface area contributed by atoms with E-state index >= 15 is 0 Å². The molecule has 0 aliphatic carbocycles. The molecule has 0 spiro atoms. The molecule has 5 heteroatoms. The fourth-order valence-electron chi connectivity index (χ4n) is 4.60. The van der Waals surface area contributed by atoms with Gasteiger partial charge in [0, 0.05) is 50.8 Å². The van der Waals surface area contributed by atoms with E-state index in [0.29, 0.717) is 0 Å². The number of halogens is 1. The van der Waals surface area contributed by atoms with E-state index < -0.39 is 0 Å². The van der Waals surface area contributed by atoms with E-state index in [4.69, 9.17) is 0 Å². The Morgan fingerprint density at radius 2 is 1.56 bits per heavy atom. The highest BCUT2D eigenvalue weighted by Gasteiger charge is 2.29. The van der Waals surface area contributed by atoms with Crippen molar-refractivity contribution in [1.82, 2.24) is 0 Å². The van der Waals surface area contributed by atoms with Crippen LogP contribution in [0.3, 0.4) is 0 Å². The standard InChI is InChI=1S/C27H23BrN3S/c1-29-12-10-19(11-13-29)2-5-24-6-9-27(32-24)20-3-7-25-21(14-20)16-30-18-31(25)17-22-15-23(28)4-8-26(22)30/h2-15H,16-18H2,1H3/q+1. The Balaban J connectivity index is 1.26. The average molecular weight is 501 g/mol. The Kier molecular flexibility index (Phi) is 4.89. The molecule has 0 fully saturated rings. The van der Waals surface area contributed by atoms with Crippen LogP contribution in [0.1, 0.15) is 21.6 Å². The molecular weight excluding hydrogens is 478 g/mol. The van der Waals surface area contributed by atoms with E-state index in [2.05, 4.69) is 116 Å². The van der Waals surface area contributed by atoms with Gasteiger partial charge in [0.05, 0.1) is 6.67 Å². The van der Waals surface area contributed by atoms with E-state index in [0.717, 1.165) is 24.2 Å². The summed E-state index contributed by atoms with van der Waals surface area (Å²) in [6, 6.07) is 22.3. The van der Waals surface area contributed by atoms with Crippen molar-refractivity contribution in [3.63, 3.8) is 0 Å². The molecule has 32 heavy (non-hydrogen) atoms. The largest absolute Gasteiger partial charge is 0.349 e. The van der Waals surface area contributed by atoms with Gasteiger partial charge in [-0.25, -0.2) is 4.57 Å². The smallest absolute Gasteiger partial charge is 0.169 e. The molecule has 0 saturated heterocycles. The Labute approximate surface area is 201 Å². The lowest BCUT2D eigenvalue weighted by atomic mass is 9.99. The molecule has 2 aromatic carbocycles. The number of anilines is 2. The van der Waals surface area contributed by atoms with Gasteiger partial charge in [-0.3, -0.25) is 0 Å². The van der Waals surface area contributed by atoms with Crippen molar-refractivity contribution in [3.05, 3.63) is 99.1 Å². The van der Waals surface area contributed by atoms with E-state index in [1.807, 2.05) is 18.4 Å². The average Bonchev–Trinajstić information content (AvgIpc) is 3.27. The van der Waals surface area contributed by atoms with Crippen LogP contribution in [0.5, 0.6) is 0 Å². The van der Waals surface area contributed by atoms with E-state index in [9.17, 15) is 0 Å². The molecule has 0 radical (unpaired) electrons. The van der Waals surface area contributed by atoms with E-state index in [1.165, 1.54) is 43.4 Å². The van der Waals surface area contributed by atoms with Gasteiger partial charge in [-0.15, -0.1) is 11.3 Å². The maximum atomic E-state index is 3.62. The van der Waals surface area contributed by atoms with Crippen LogP contribution in [0.25, 0.3) is 22.6 Å². The molecule has 6 rings (SSSR count). The molecule has 0 atom stereocenters. The molecule has 0 N–H and O–H groups in total. The number of aromatic nitrogens is 1. The van der Waals surface area contributed by atoms with Crippen LogP contribution in [-0.4, -0.2) is 6.67 Å². The minimum absolute atomic E-state index is 0.956. The summed E-state index contributed by atoms with van der Waals surface area (Å²) in [5.41, 5.74) is 8.04. The van der Waals surface area contributed by atoms with Crippen LogP contribution in [0.4, 0.5) is 11.4 Å². The first-order valence-electron chi connectivity index (χ1n) is 10.8. The first kappa shape index (κ1) is 19.8. The van der Waals surface area contributed by atoms with Crippen LogP contribution in [0.2, 0.25) is 0 Å². The number of benzene rings is 2. The zero-order valence-corrected chi connectivity index (χ0v) is 20.2. The van der Waals surface area contributed by atoms with Gasteiger partial charge in [0.2, 0.25) is 0 Å². The summed E-state index contributed by atoms with van der Waals surface area (Å²) in [6.45, 7) is 2.88. The van der Waals surface area contributed by atoms with Crippen molar-refractivity contribution in [2.45, 2.75) is 13.1 Å². The van der Waals surface area contributed by atoms with Gasteiger partial charge in [0.1, 0.15) is 7.05 Å². The minimum Gasteiger partial charge on any atom is -0.349 e. The fourth-order valence-corrected chi connectivity index (χ4v) is 5.92. The lowest BCUT2D eigenvalue weighted by molar-refractivity contribution is -0.671. The zero-order chi connectivity index (χ0) is 21.7. The Morgan fingerprint density at radius 3 is 2.34 bits per heavy atom. The quantitative estimate of drug-likeness (QED) is 0.298. The second-order valence-corrected chi connectivity index (χ2v) is 10.5. The van der Waals surface area contributed by atoms with Crippen LogP contribution in [-0.2, 0) is 20.1 Å². The van der Waals surface area contributed by atoms with Crippen LogP contribution < -0.4 is 14.4 Å². The SMILES string of the molecule is C[n+]1ccc(/C=C/c2ccc(-c3ccc4c(c3)CN3CN4Cc4cc(Br)ccc43)s2)cc1. The maximum Gasteiger partial charge on any atom is 0.169 e. The van der Waals surface area contributed by atoms with Gasteiger partial charge in [0.15, 0.2) is 12.4 Å². The molecule has 2 aromatic heterocycles. The molecule has 4 aromatic rings. The van der Waals surface area contributed by atoms with Crippen molar-refractivity contribution in [3.8, 4) is 10.4 Å². The molecule has 0 amide bonds. The highest BCUT2D eigenvalue weighted by Crippen LogP contribution is 2.41. The summed E-state index contributed by atoms with van der Waals surface area (Å²) in [5, 5.41) is 0. The molecule has 0 saturated carbocycles. The summed E-state index contributed by atoms with van der Waals surface area (Å²) < 4.78 is 3.20. The number of aryl methyl sites for hydroxylation is 1. The monoisotopic (exact) mass is 500 g/mol. The lowest BCUT2D eigenvalue weighted by Gasteiger charge is -2.45. The number of pyridine rings is 1. The fraction of sp³-hybridized carbons (Fsp3) is 0.148. The third-order valence-electron chi connectivity index (χ3n) is 6.22. The first-order chi connectivity index (χ1) is 15.6. The van der Waals surface area contributed by atoms with Crippen molar-refractivity contribution in [2.75, 3.05) is 16.5 Å². The third-order valence-corrected chi connectivity index (χ3v) is 7.81. The van der Waals surface area contributed by atoms with Crippen LogP contribution in [0.15, 0.2) is 77.5 Å². The number of hydrogen-bond donors (Lipinski definition) is 0.